The van der Waals surface area contributed by atoms with Crippen LogP contribution in [0.1, 0.15) is 32.6 Å². The molecule has 0 aliphatic rings. The molecule has 0 rings (SSSR count). The predicted octanol–water partition coefficient (Wildman–Crippen LogP) is 0.00890. The number of aliphatic hydroxyl groups is 2. The van der Waals surface area contributed by atoms with Gasteiger partial charge in [-0.05, 0) is 13.0 Å². The number of carboxylic acid groups (broad SMARTS) is 2. The highest BCUT2D eigenvalue weighted by atomic mass is 16.4. The van der Waals surface area contributed by atoms with Crippen molar-refractivity contribution in [1.82, 2.24) is 4.90 Å². The second kappa shape index (κ2) is 14.9. The molecule has 0 atom stereocenters. The highest BCUT2D eigenvalue weighted by Gasteiger charge is 2.01. The molecule has 7 nitrogen and oxygen atoms in total. The first kappa shape index (κ1) is 20.1. The SMILES string of the molecule is CCCCN(CCO)CCO.O=C(O)CCC(=O)O. The number of hydrogen-bond acceptors (Lipinski definition) is 5. The minimum atomic E-state index is -1.08. The third-order valence-corrected chi connectivity index (χ3v) is 2.21. The van der Waals surface area contributed by atoms with Gasteiger partial charge in [-0.15, -0.1) is 0 Å². The van der Waals surface area contributed by atoms with Gasteiger partial charge in [0.25, 0.3) is 0 Å². The maximum Gasteiger partial charge on any atom is 0.303 e. The van der Waals surface area contributed by atoms with E-state index in [0.717, 1.165) is 19.4 Å². The van der Waals surface area contributed by atoms with Crippen LogP contribution in [-0.2, 0) is 9.59 Å². The minimum Gasteiger partial charge on any atom is -0.481 e. The second-order valence-corrected chi connectivity index (χ2v) is 3.93. The standard InChI is InChI=1S/C8H19NO2.C4H6O4/c1-2-3-4-9(5-7-10)6-8-11;5-3(6)1-2-4(7)8/h10-11H,2-8H2,1H3;1-2H2,(H,5,6)(H,7,8). The lowest BCUT2D eigenvalue weighted by atomic mass is 10.3. The molecular formula is C12H25NO6. The fraction of sp³-hybridized carbons (Fsp3) is 0.833. The zero-order valence-electron chi connectivity index (χ0n) is 11.4. The smallest absolute Gasteiger partial charge is 0.303 e. The van der Waals surface area contributed by atoms with Crippen molar-refractivity contribution in [3.8, 4) is 0 Å². The number of nitrogens with zero attached hydrogens (tertiary/aromatic N) is 1. The van der Waals surface area contributed by atoms with Crippen molar-refractivity contribution in [3.05, 3.63) is 0 Å². The molecule has 0 spiro atoms. The van der Waals surface area contributed by atoms with Crippen LogP contribution in [0, 0.1) is 0 Å². The summed E-state index contributed by atoms with van der Waals surface area (Å²) in [5.74, 6) is -2.15. The minimum absolute atomic E-state index is 0.184. The molecule has 7 heteroatoms. The number of aliphatic carboxylic acids is 2. The molecule has 4 N–H and O–H groups in total. The average Bonchev–Trinajstić information content (AvgIpc) is 2.35. The molecule has 0 heterocycles. The Labute approximate surface area is 113 Å². The summed E-state index contributed by atoms with van der Waals surface area (Å²) in [4.78, 5) is 21.4. The first-order valence-electron chi connectivity index (χ1n) is 6.35. The molecule has 0 aliphatic heterocycles. The molecule has 0 unspecified atom stereocenters. The Bertz CT molecular complexity index is 214. The molecule has 0 fully saturated rings. The summed E-state index contributed by atoms with van der Waals surface area (Å²) in [5, 5.41) is 33.1. The van der Waals surface area contributed by atoms with E-state index in [1.165, 1.54) is 0 Å². The molecule has 0 aliphatic carbocycles. The van der Waals surface area contributed by atoms with Crippen molar-refractivity contribution in [2.24, 2.45) is 0 Å². The molecule has 0 amide bonds. The molecule has 0 saturated heterocycles. The van der Waals surface area contributed by atoms with E-state index in [4.69, 9.17) is 20.4 Å². The molecule has 0 saturated carbocycles. The lowest BCUT2D eigenvalue weighted by Crippen LogP contribution is -2.30. The summed E-state index contributed by atoms with van der Waals surface area (Å²) in [6, 6.07) is 0. The Kier molecular flexibility index (Phi) is 15.8. The van der Waals surface area contributed by atoms with Gasteiger partial charge in [-0.1, -0.05) is 13.3 Å². The fourth-order valence-corrected chi connectivity index (χ4v) is 1.21. The van der Waals surface area contributed by atoms with Crippen molar-refractivity contribution in [3.63, 3.8) is 0 Å². The predicted molar refractivity (Wildman–Crippen MR) is 70.0 cm³/mol. The van der Waals surface area contributed by atoms with Gasteiger partial charge in [-0.3, -0.25) is 14.5 Å². The van der Waals surface area contributed by atoms with Gasteiger partial charge in [0.1, 0.15) is 0 Å². The van der Waals surface area contributed by atoms with Crippen molar-refractivity contribution < 1.29 is 30.0 Å². The highest BCUT2D eigenvalue weighted by Crippen LogP contribution is 1.93. The zero-order chi connectivity index (χ0) is 15.1. The van der Waals surface area contributed by atoms with Crippen molar-refractivity contribution >= 4 is 11.9 Å². The van der Waals surface area contributed by atoms with E-state index < -0.39 is 11.9 Å². The van der Waals surface area contributed by atoms with E-state index in [1.54, 1.807) is 0 Å². The van der Waals surface area contributed by atoms with Gasteiger partial charge in [0, 0.05) is 13.1 Å². The molecule has 19 heavy (non-hydrogen) atoms. The van der Waals surface area contributed by atoms with Crippen LogP contribution in [-0.4, -0.2) is 70.1 Å². The van der Waals surface area contributed by atoms with Crippen molar-refractivity contribution in [1.29, 1.82) is 0 Å². The second-order valence-electron chi connectivity index (χ2n) is 3.93. The van der Waals surface area contributed by atoms with Crippen LogP contribution in [0.2, 0.25) is 0 Å². The zero-order valence-corrected chi connectivity index (χ0v) is 11.4. The summed E-state index contributed by atoms with van der Waals surface area (Å²) >= 11 is 0. The summed E-state index contributed by atoms with van der Waals surface area (Å²) in [6.07, 6.45) is 1.71. The molecule has 0 aromatic heterocycles. The number of carboxylic acids is 2. The van der Waals surface area contributed by atoms with Gasteiger partial charge in [0.05, 0.1) is 26.1 Å². The van der Waals surface area contributed by atoms with E-state index in [0.29, 0.717) is 13.1 Å². The van der Waals surface area contributed by atoms with Crippen LogP contribution < -0.4 is 0 Å². The van der Waals surface area contributed by atoms with Gasteiger partial charge in [-0.2, -0.15) is 0 Å². The lowest BCUT2D eigenvalue weighted by molar-refractivity contribution is -0.143. The quantitative estimate of drug-likeness (QED) is 0.445. The largest absolute Gasteiger partial charge is 0.481 e. The first-order valence-corrected chi connectivity index (χ1v) is 6.35. The maximum absolute atomic E-state index is 9.64. The fourth-order valence-electron chi connectivity index (χ4n) is 1.21. The molecule has 0 radical (unpaired) electrons. The summed E-state index contributed by atoms with van der Waals surface area (Å²) in [7, 11) is 0. The van der Waals surface area contributed by atoms with Crippen LogP contribution in [0.3, 0.4) is 0 Å². The monoisotopic (exact) mass is 279 g/mol. The highest BCUT2D eigenvalue weighted by molar-refractivity contribution is 5.75. The Morgan fingerprint density at radius 2 is 1.32 bits per heavy atom. The van der Waals surface area contributed by atoms with Gasteiger partial charge in [0.2, 0.25) is 0 Å². The molecular weight excluding hydrogens is 254 g/mol. The number of rotatable bonds is 10. The Balaban J connectivity index is 0. The first-order chi connectivity index (χ1) is 8.97. The molecule has 0 aromatic carbocycles. The molecule has 0 aromatic rings. The summed E-state index contributed by atoms with van der Waals surface area (Å²) < 4.78 is 0. The summed E-state index contributed by atoms with van der Waals surface area (Å²) in [5.41, 5.74) is 0. The van der Waals surface area contributed by atoms with E-state index in [-0.39, 0.29) is 26.1 Å². The van der Waals surface area contributed by atoms with Crippen LogP contribution >= 0.6 is 0 Å². The number of aliphatic hydroxyl groups excluding tert-OH is 2. The van der Waals surface area contributed by atoms with E-state index in [9.17, 15) is 9.59 Å². The van der Waals surface area contributed by atoms with Crippen LogP contribution in [0.25, 0.3) is 0 Å². The van der Waals surface area contributed by atoms with Gasteiger partial charge >= 0.3 is 11.9 Å². The Hall–Kier alpha value is -1.18. The van der Waals surface area contributed by atoms with Crippen molar-refractivity contribution in [2.75, 3.05) is 32.8 Å². The molecule has 114 valence electrons. The van der Waals surface area contributed by atoms with E-state index in [2.05, 4.69) is 11.8 Å². The normalized spacial score (nSPS) is 9.89. The van der Waals surface area contributed by atoms with Gasteiger partial charge < -0.3 is 20.4 Å². The van der Waals surface area contributed by atoms with Crippen LogP contribution in [0.15, 0.2) is 0 Å². The molecule has 0 bridgehead atoms. The van der Waals surface area contributed by atoms with Crippen LogP contribution in [0.4, 0.5) is 0 Å². The number of hydrogen-bond donors (Lipinski definition) is 4. The van der Waals surface area contributed by atoms with E-state index >= 15 is 0 Å². The summed E-state index contributed by atoms with van der Waals surface area (Å²) in [6.45, 7) is 4.85. The van der Waals surface area contributed by atoms with Crippen molar-refractivity contribution in [2.45, 2.75) is 32.6 Å². The number of unbranched alkanes of at least 4 members (excludes halogenated alkanes) is 1. The third-order valence-electron chi connectivity index (χ3n) is 2.21. The lowest BCUT2D eigenvalue weighted by Gasteiger charge is -2.19. The van der Waals surface area contributed by atoms with Gasteiger partial charge in [0.15, 0.2) is 0 Å². The Morgan fingerprint density at radius 1 is 0.895 bits per heavy atom. The number of carbonyl (C=O) groups is 2. The average molecular weight is 279 g/mol. The maximum atomic E-state index is 9.64. The van der Waals surface area contributed by atoms with Crippen LogP contribution in [0.5, 0.6) is 0 Å². The van der Waals surface area contributed by atoms with E-state index in [1.807, 2.05) is 0 Å². The third kappa shape index (κ3) is 19.3. The van der Waals surface area contributed by atoms with Gasteiger partial charge in [-0.25, -0.2) is 0 Å². The Morgan fingerprint density at radius 3 is 1.58 bits per heavy atom. The topological polar surface area (TPSA) is 118 Å².